The van der Waals surface area contributed by atoms with Crippen LogP contribution in [0.1, 0.15) is 50.2 Å². The summed E-state index contributed by atoms with van der Waals surface area (Å²) in [5, 5.41) is 3.37. The van der Waals surface area contributed by atoms with Crippen LogP contribution in [-0.2, 0) is 13.1 Å². The molecule has 0 unspecified atom stereocenters. The van der Waals surface area contributed by atoms with Crippen molar-refractivity contribution in [3.8, 4) is 0 Å². The molecule has 1 aliphatic rings. The number of hydrogen-bond donors (Lipinski definition) is 1. The third kappa shape index (κ3) is 4.57. The molecule has 0 aromatic heterocycles. The Morgan fingerprint density at radius 3 is 2.65 bits per heavy atom. The summed E-state index contributed by atoms with van der Waals surface area (Å²) in [5.74, 6) is 0. The lowest BCUT2D eigenvalue weighted by Gasteiger charge is -2.31. The molecule has 1 fully saturated rings. The lowest BCUT2D eigenvalue weighted by Crippen LogP contribution is -2.32. The molecule has 0 amide bonds. The normalized spacial score (nSPS) is 16.8. The van der Waals surface area contributed by atoms with Crippen LogP contribution < -0.4 is 5.32 Å². The summed E-state index contributed by atoms with van der Waals surface area (Å²) in [6, 6.07) is 7.55. The van der Waals surface area contributed by atoms with Gasteiger partial charge in [-0.05, 0) is 43.6 Å². The molecule has 1 aromatic carbocycles. The zero-order valence-electron chi connectivity index (χ0n) is 12.8. The van der Waals surface area contributed by atoms with Crippen LogP contribution in [0.5, 0.6) is 0 Å². The van der Waals surface area contributed by atoms with Gasteiger partial charge in [-0.2, -0.15) is 0 Å². The van der Waals surface area contributed by atoms with E-state index < -0.39 is 0 Å². The maximum Gasteiger partial charge on any atom is 0.0244 e. The van der Waals surface area contributed by atoms with Gasteiger partial charge < -0.3 is 5.32 Å². The van der Waals surface area contributed by atoms with E-state index in [4.69, 9.17) is 0 Å². The predicted molar refractivity (Wildman–Crippen MR) is 89.9 cm³/mol. The van der Waals surface area contributed by atoms with Gasteiger partial charge in [-0.1, -0.05) is 54.2 Å². The van der Waals surface area contributed by atoms with Crippen molar-refractivity contribution in [1.29, 1.82) is 0 Å². The molecule has 0 saturated heterocycles. The summed E-state index contributed by atoms with van der Waals surface area (Å²) in [5.41, 5.74) is 2.75. The molecule has 0 spiro atoms. The minimum Gasteiger partial charge on any atom is -0.313 e. The van der Waals surface area contributed by atoms with E-state index in [9.17, 15) is 0 Å². The molecular weight excluding hydrogens is 312 g/mol. The molecule has 0 heterocycles. The fourth-order valence-corrected chi connectivity index (χ4v) is 3.57. The van der Waals surface area contributed by atoms with Gasteiger partial charge in [0.1, 0.15) is 0 Å². The summed E-state index contributed by atoms with van der Waals surface area (Å²) in [7, 11) is 2.27. The highest BCUT2D eigenvalue weighted by Gasteiger charge is 2.18. The first kappa shape index (κ1) is 16.0. The van der Waals surface area contributed by atoms with Gasteiger partial charge in [-0.15, -0.1) is 0 Å². The second-order valence-electron chi connectivity index (χ2n) is 5.91. The Morgan fingerprint density at radius 1 is 1.25 bits per heavy atom. The van der Waals surface area contributed by atoms with Crippen molar-refractivity contribution in [2.24, 2.45) is 0 Å². The molecule has 20 heavy (non-hydrogen) atoms. The van der Waals surface area contributed by atoms with Gasteiger partial charge in [0.25, 0.3) is 0 Å². The second kappa shape index (κ2) is 8.16. The van der Waals surface area contributed by atoms with Crippen molar-refractivity contribution in [3.63, 3.8) is 0 Å². The maximum absolute atomic E-state index is 3.74. The van der Waals surface area contributed by atoms with E-state index in [0.717, 1.165) is 25.7 Å². The van der Waals surface area contributed by atoms with Gasteiger partial charge in [-0.25, -0.2) is 0 Å². The lowest BCUT2D eigenvalue weighted by molar-refractivity contribution is 0.184. The Kier molecular flexibility index (Phi) is 6.53. The number of nitrogens with zero attached hydrogens (tertiary/aromatic N) is 1. The van der Waals surface area contributed by atoms with Gasteiger partial charge in [0.15, 0.2) is 0 Å². The Morgan fingerprint density at radius 2 is 2.00 bits per heavy atom. The predicted octanol–water partition coefficient (Wildman–Crippen LogP) is 4.32. The quantitative estimate of drug-likeness (QED) is 0.830. The number of halogens is 1. The minimum absolute atomic E-state index is 0.775. The van der Waals surface area contributed by atoms with E-state index in [1.54, 1.807) is 0 Å². The Hall–Kier alpha value is -0.380. The lowest BCUT2D eigenvalue weighted by atomic mass is 9.94. The second-order valence-corrected chi connectivity index (χ2v) is 6.77. The number of benzene rings is 1. The highest BCUT2D eigenvalue weighted by molar-refractivity contribution is 9.10. The zero-order chi connectivity index (χ0) is 14.4. The minimum atomic E-state index is 0.775. The molecule has 2 rings (SSSR count). The Balaban J connectivity index is 1.94. The van der Waals surface area contributed by atoms with Gasteiger partial charge in [0.05, 0.1) is 0 Å². The van der Waals surface area contributed by atoms with Crippen molar-refractivity contribution in [2.45, 2.75) is 58.2 Å². The largest absolute Gasteiger partial charge is 0.313 e. The van der Waals surface area contributed by atoms with E-state index in [0.29, 0.717) is 0 Å². The van der Waals surface area contributed by atoms with Crippen LogP contribution in [0.15, 0.2) is 22.7 Å². The molecule has 1 saturated carbocycles. The average Bonchev–Trinajstić information content (AvgIpc) is 2.48. The van der Waals surface area contributed by atoms with E-state index >= 15 is 0 Å². The van der Waals surface area contributed by atoms with Gasteiger partial charge in [0.2, 0.25) is 0 Å². The van der Waals surface area contributed by atoms with E-state index in [-0.39, 0.29) is 0 Å². The van der Waals surface area contributed by atoms with E-state index in [1.807, 2.05) is 0 Å². The first-order chi connectivity index (χ1) is 9.70. The van der Waals surface area contributed by atoms with Crippen molar-refractivity contribution in [2.75, 3.05) is 13.6 Å². The number of hydrogen-bond acceptors (Lipinski definition) is 2. The van der Waals surface area contributed by atoms with Crippen LogP contribution in [0.4, 0.5) is 0 Å². The topological polar surface area (TPSA) is 15.3 Å². The van der Waals surface area contributed by atoms with Crippen molar-refractivity contribution in [1.82, 2.24) is 10.2 Å². The molecule has 0 aliphatic heterocycles. The molecule has 1 N–H and O–H groups in total. The standard InChI is InChI=1S/C17H27BrN2/c1-3-19-12-14-9-10-15(17(18)11-14)13-20(2)16-7-5-4-6-8-16/h9-11,16,19H,3-8,12-13H2,1-2H3. The Bertz CT molecular complexity index is 413. The fraction of sp³-hybridized carbons (Fsp3) is 0.647. The average molecular weight is 339 g/mol. The van der Waals surface area contributed by atoms with Crippen molar-refractivity contribution in [3.05, 3.63) is 33.8 Å². The van der Waals surface area contributed by atoms with Gasteiger partial charge in [-0.3, -0.25) is 4.90 Å². The molecular formula is C17H27BrN2. The van der Waals surface area contributed by atoms with Crippen LogP contribution >= 0.6 is 15.9 Å². The van der Waals surface area contributed by atoms with E-state index in [1.165, 1.54) is 47.7 Å². The highest BCUT2D eigenvalue weighted by atomic mass is 79.9. The van der Waals surface area contributed by atoms with Crippen LogP contribution in [0.3, 0.4) is 0 Å². The zero-order valence-corrected chi connectivity index (χ0v) is 14.4. The highest BCUT2D eigenvalue weighted by Crippen LogP contribution is 2.25. The third-order valence-corrected chi connectivity index (χ3v) is 5.05. The summed E-state index contributed by atoms with van der Waals surface area (Å²) >= 11 is 3.74. The molecule has 112 valence electrons. The first-order valence-corrected chi connectivity index (χ1v) is 8.68. The summed E-state index contributed by atoms with van der Waals surface area (Å²) < 4.78 is 1.25. The molecule has 0 radical (unpaired) electrons. The van der Waals surface area contributed by atoms with Crippen molar-refractivity contribution < 1.29 is 0 Å². The monoisotopic (exact) mass is 338 g/mol. The summed E-state index contributed by atoms with van der Waals surface area (Å²) in [6.07, 6.45) is 6.96. The van der Waals surface area contributed by atoms with Gasteiger partial charge in [0, 0.05) is 23.6 Å². The SMILES string of the molecule is CCNCc1ccc(CN(C)C2CCCCC2)c(Br)c1. The molecule has 2 nitrogen and oxygen atoms in total. The first-order valence-electron chi connectivity index (χ1n) is 7.89. The van der Waals surface area contributed by atoms with Crippen molar-refractivity contribution >= 4 is 15.9 Å². The molecule has 0 atom stereocenters. The maximum atomic E-state index is 3.74. The van der Waals surface area contributed by atoms with E-state index in [2.05, 4.69) is 58.3 Å². The smallest absolute Gasteiger partial charge is 0.0244 e. The number of rotatable bonds is 6. The molecule has 1 aromatic rings. The fourth-order valence-electron chi connectivity index (χ4n) is 3.02. The van der Waals surface area contributed by atoms with Crippen LogP contribution in [0.2, 0.25) is 0 Å². The van der Waals surface area contributed by atoms with Crippen LogP contribution in [-0.4, -0.2) is 24.5 Å². The third-order valence-electron chi connectivity index (χ3n) is 4.31. The van der Waals surface area contributed by atoms with Crippen LogP contribution in [0.25, 0.3) is 0 Å². The van der Waals surface area contributed by atoms with Crippen LogP contribution in [0, 0.1) is 0 Å². The molecule has 3 heteroatoms. The molecule has 0 bridgehead atoms. The summed E-state index contributed by atoms with van der Waals surface area (Å²) in [6.45, 7) is 5.16. The van der Waals surface area contributed by atoms with Gasteiger partial charge >= 0.3 is 0 Å². The number of nitrogens with one attached hydrogen (secondary N) is 1. The Labute approximate surface area is 132 Å². The summed E-state index contributed by atoms with van der Waals surface area (Å²) in [4.78, 5) is 2.53. The molecule has 1 aliphatic carbocycles.